The first-order valence-corrected chi connectivity index (χ1v) is 8.82. The van der Waals surface area contributed by atoms with Crippen molar-refractivity contribution in [3.05, 3.63) is 16.1 Å². The lowest BCUT2D eigenvalue weighted by atomic mass is 9.93. The minimum Gasteiger partial charge on any atom is -0.338 e. The van der Waals surface area contributed by atoms with Crippen LogP contribution in [0.1, 0.15) is 63.6 Å². The van der Waals surface area contributed by atoms with E-state index in [1.165, 1.54) is 19.3 Å². The maximum absolute atomic E-state index is 11.8. The van der Waals surface area contributed by atoms with E-state index in [1.54, 1.807) is 11.3 Å². The second-order valence-electron chi connectivity index (χ2n) is 6.86. The minimum absolute atomic E-state index is 0.0329. The molecule has 1 saturated carbocycles. The highest BCUT2D eigenvalue weighted by molar-refractivity contribution is 7.09. The third kappa shape index (κ3) is 5.30. The fourth-order valence-corrected chi connectivity index (χ4v) is 3.56. The first-order valence-electron chi connectivity index (χ1n) is 7.94. The van der Waals surface area contributed by atoms with Gasteiger partial charge in [-0.05, 0) is 12.8 Å². The topological polar surface area (TPSA) is 54.0 Å². The zero-order valence-corrected chi connectivity index (χ0v) is 14.2. The lowest BCUT2D eigenvalue weighted by Crippen LogP contribution is -2.43. The van der Waals surface area contributed by atoms with Gasteiger partial charge in [-0.15, -0.1) is 11.3 Å². The smallest absolute Gasteiger partial charge is 0.315 e. The number of hydrogen-bond donors (Lipinski definition) is 2. The minimum atomic E-state index is -0.0329. The van der Waals surface area contributed by atoms with Gasteiger partial charge in [0.15, 0.2) is 0 Å². The lowest BCUT2D eigenvalue weighted by molar-refractivity contribution is 0.233. The molecule has 0 unspecified atom stereocenters. The van der Waals surface area contributed by atoms with Crippen molar-refractivity contribution in [1.82, 2.24) is 15.6 Å². The Morgan fingerprint density at radius 2 is 2.05 bits per heavy atom. The average Bonchev–Trinajstić information content (AvgIpc) is 2.88. The molecular weight excluding hydrogens is 282 g/mol. The van der Waals surface area contributed by atoms with Crippen molar-refractivity contribution in [3.63, 3.8) is 0 Å². The number of urea groups is 1. The van der Waals surface area contributed by atoms with Gasteiger partial charge in [-0.2, -0.15) is 0 Å². The number of amides is 2. The molecule has 1 aliphatic rings. The van der Waals surface area contributed by atoms with Gasteiger partial charge in [0.05, 0.1) is 10.7 Å². The lowest BCUT2D eigenvalue weighted by Gasteiger charge is -2.22. The van der Waals surface area contributed by atoms with E-state index >= 15 is 0 Å². The van der Waals surface area contributed by atoms with Crippen molar-refractivity contribution in [2.45, 2.75) is 70.8 Å². The summed E-state index contributed by atoms with van der Waals surface area (Å²) < 4.78 is 0. The molecule has 1 aromatic rings. The van der Waals surface area contributed by atoms with Gasteiger partial charge in [-0.25, -0.2) is 9.78 Å². The molecule has 1 aromatic heterocycles. The molecule has 118 valence electrons. The first kappa shape index (κ1) is 16.3. The number of carbonyl (C=O) groups is 1. The summed E-state index contributed by atoms with van der Waals surface area (Å²) in [5, 5.41) is 9.23. The van der Waals surface area contributed by atoms with Crippen LogP contribution >= 0.6 is 11.3 Å². The van der Waals surface area contributed by atoms with Gasteiger partial charge >= 0.3 is 6.03 Å². The van der Waals surface area contributed by atoms with Crippen LogP contribution in [-0.4, -0.2) is 23.6 Å². The fraction of sp³-hybridized carbons (Fsp3) is 0.750. The van der Waals surface area contributed by atoms with E-state index in [0.29, 0.717) is 12.6 Å². The molecular formula is C16H27N3OS. The predicted molar refractivity (Wildman–Crippen MR) is 87.9 cm³/mol. The van der Waals surface area contributed by atoms with Gasteiger partial charge in [0, 0.05) is 29.8 Å². The van der Waals surface area contributed by atoms with Crippen LogP contribution in [0.15, 0.2) is 5.38 Å². The fourth-order valence-electron chi connectivity index (χ4n) is 2.54. The van der Waals surface area contributed by atoms with Crippen molar-refractivity contribution in [2.75, 3.05) is 6.54 Å². The largest absolute Gasteiger partial charge is 0.338 e. The summed E-state index contributed by atoms with van der Waals surface area (Å²) in [5.41, 5.74) is 1.23. The molecule has 0 spiro atoms. The molecule has 0 bridgehead atoms. The number of thiazole rings is 1. The number of rotatable bonds is 4. The Hall–Kier alpha value is -1.10. The second-order valence-corrected chi connectivity index (χ2v) is 7.80. The number of aromatic nitrogens is 1. The van der Waals surface area contributed by atoms with E-state index in [9.17, 15) is 4.79 Å². The first-order chi connectivity index (χ1) is 9.95. The second kappa shape index (κ2) is 7.25. The van der Waals surface area contributed by atoms with Gasteiger partial charge in [-0.3, -0.25) is 0 Å². The van der Waals surface area contributed by atoms with Crippen molar-refractivity contribution in [3.8, 4) is 0 Å². The number of nitrogens with zero attached hydrogens (tertiary/aromatic N) is 1. The van der Waals surface area contributed by atoms with Crippen molar-refractivity contribution in [2.24, 2.45) is 0 Å². The van der Waals surface area contributed by atoms with Crippen LogP contribution in [0.2, 0.25) is 0 Å². The normalized spacial score (nSPS) is 16.7. The van der Waals surface area contributed by atoms with Gasteiger partial charge in [0.1, 0.15) is 0 Å². The van der Waals surface area contributed by atoms with E-state index in [4.69, 9.17) is 0 Å². The summed E-state index contributed by atoms with van der Waals surface area (Å²) in [6, 6.07) is 0.334. The number of hydrogen-bond acceptors (Lipinski definition) is 3. The Balaban J connectivity index is 1.69. The van der Waals surface area contributed by atoms with Crippen LogP contribution in [0, 0.1) is 0 Å². The van der Waals surface area contributed by atoms with Crippen LogP contribution in [0.3, 0.4) is 0 Å². The van der Waals surface area contributed by atoms with Crippen LogP contribution in [0.25, 0.3) is 0 Å². The Morgan fingerprint density at radius 1 is 1.33 bits per heavy atom. The molecule has 2 N–H and O–H groups in total. The molecule has 5 heteroatoms. The van der Waals surface area contributed by atoms with Crippen molar-refractivity contribution in [1.29, 1.82) is 0 Å². The maximum atomic E-state index is 11.8. The number of nitrogens with one attached hydrogen (secondary N) is 2. The van der Waals surface area contributed by atoms with Gasteiger partial charge < -0.3 is 10.6 Å². The van der Waals surface area contributed by atoms with E-state index < -0.39 is 0 Å². The quantitative estimate of drug-likeness (QED) is 0.892. The zero-order valence-electron chi connectivity index (χ0n) is 13.4. The highest BCUT2D eigenvalue weighted by Gasteiger charge is 2.18. The van der Waals surface area contributed by atoms with Gasteiger partial charge in [-0.1, -0.05) is 40.0 Å². The Bertz CT molecular complexity index is 458. The molecule has 0 saturated heterocycles. The highest BCUT2D eigenvalue weighted by Crippen LogP contribution is 2.23. The Labute approximate surface area is 131 Å². The number of carbonyl (C=O) groups excluding carboxylic acids is 1. The molecule has 0 radical (unpaired) electrons. The van der Waals surface area contributed by atoms with Crippen LogP contribution < -0.4 is 10.6 Å². The standard InChI is InChI=1S/C16H27N3OS/c1-16(2,3)13-11-21-14(19-13)9-10-17-15(20)18-12-7-5-4-6-8-12/h11-12H,4-10H2,1-3H3,(H2,17,18,20). The highest BCUT2D eigenvalue weighted by atomic mass is 32.1. The van der Waals surface area contributed by atoms with Crippen molar-refractivity contribution < 1.29 is 4.79 Å². The molecule has 2 amide bonds. The van der Waals surface area contributed by atoms with Crippen LogP contribution in [0.4, 0.5) is 4.79 Å². The molecule has 1 heterocycles. The molecule has 4 nitrogen and oxygen atoms in total. The molecule has 1 fully saturated rings. The predicted octanol–water partition coefficient (Wildman–Crippen LogP) is 3.62. The summed E-state index contributed by atoms with van der Waals surface area (Å²) in [6.45, 7) is 7.15. The van der Waals surface area contributed by atoms with Gasteiger partial charge in [0.25, 0.3) is 0 Å². The van der Waals surface area contributed by atoms with E-state index in [-0.39, 0.29) is 11.4 Å². The van der Waals surface area contributed by atoms with Crippen LogP contribution in [0.5, 0.6) is 0 Å². The third-order valence-corrected chi connectivity index (χ3v) is 4.79. The third-order valence-electron chi connectivity index (χ3n) is 3.88. The summed E-state index contributed by atoms with van der Waals surface area (Å²) >= 11 is 1.68. The van der Waals surface area contributed by atoms with E-state index in [0.717, 1.165) is 30.0 Å². The monoisotopic (exact) mass is 309 g/mol. The molecule has 0 aromatic carbocycles. The Kier molecular flexibility index (Phi) is 5.62. The summed E-state index contributed by atoms with van der Waals surface area (Å²) in [6.07, 6.45) is 6.82. The molecule has 2 rings (SSSR count). The molecule has 21 heavy (non-hydrogen) atoms. The average molecular weight is 309 g/mol. The zero-order chi connectivity index (χ0) is 15.3. The summed E-state index contributed by atoms with van der Waals surface area (Å²) in [4.78, 5) is 16.5. The van der Waals surface area contributed by atoms with Gasteiger partial charge in [0.2, 0.25) is 0 Å². The summed E-state index contributed by atoms with van der Waals surface area (Å²) in [5.74, 6) is 0. The van der Waals surface area contributed by atoms with Crippen molar-refractivity contribution >= 4 is 17.4 Å². The molecule has 0 aliphatic heterocycles. The van der Waals surface area contributed by atoms with Crippen LogP contribution in [-0.2, 0) is 11.8 Å². The summed E-state index contributed by atoms with van der Waals surface area (Å²) in [7, 11) is 0. The maximum Gasteiger partial charge on any atom is 0.315 e. The molecule has 0 atom stereocenters. The van der Waals surface area contributed by atoms with E-state index in [2.05, 4.69) is 41.8 Å². The SMILES string of the molecule is CC(C)(C)c1csc(CCNC(=O)NC2CCCCC2)n1. The van der Waals surface area contributed by atoms with E-state index in [1.807, 2.05) is 0 Å². The Morgan fingerprint density at radius 3 is 2.67 bits per heavy atom. The molecule has 1 aliphatic carbocycles.